The monoisotopic (exact) mass is 384 g/mol. The lowest BCUT2D eigenvalue weighted by molar-refractivity contribution is -0.129. The van der Waals surface area contributed by atoms with Crippen molar-refractivity contribution in [2.24, 2.45) is 11.8 Å². The van der Waals surface area contributed by atoms with Crippen LogP contribution in [-0.4, -0.2) is 21.3 Å². The Hall–Kier alpha value is -1.64. The summed E-state index contributed by atoms with van der Waals surface area (Å²) in [4.78, 5) is 24.2. The van der Waals surface area contributed by atoms with Gasteiger partial charge < -0.3 is 0 Å². The maximum Gasteiger partial charge on any atom is 0.161 e. The second-order valence-electron chi connectivity index (χ2n) is 8.00. The molecule has 0 saturated heterocycles. The van der Waals surface area contributed by atoms with Crippen molar-refractivity contribution in [3.8, 4) is 0 Å². The van der Waals surface area contributed by atoms with E-state index in [1.54, 1.807) is 0 Å². The molecule has 132 valence electrons. The maximum atomic E-state index is 13.2. The molecule has 3 aliphatic carbocycles. The van der Waals surface area contributed by atoms with Gasteiger partial charge in [-0.25, -0.2) is 0 Å². The van der Waals surface area contributed by atoms with Crippen molar-refractivity contribution in [2.75, 3.05) is 0 Å². The van der Waals surface area contributed by atoms with Gasteiger partial charge in [-0.2, -0.15) is 0 Å². The van der Waals surface area contributed by atoms with Crippen molar-refractivity contribution in [2.45, 2.75) is 35.4 Å². The third-order valence-corrected chi connectivity index (χ3v) is 7.76. The Morgan fingerprint density at radius 1 is 0.615 bits per heavy atom. The van der Waals surface area contributed by atoms with E-state index >= 15 is 0 Å². The summed E-state index contributed by atoms with van der Waals surface area (Å²) in [5.41, 5.74) is 4.17. The fraction of sp³-hybridized carbons (Fsp3) is 0.364. The molecule has 5 rings (SSSR count). The van der Waals surface area contributed by atoms with Crippen LogP contribution in [0.2, 0.25) is 0 Å². The van der Waals surface area contributed by atoms with Gasteiger partial charge in [-0.15, -0.1) is 23.2 Å². The van der Waals surface area contributed by atoms with Crippen LogP contribution in [-0.2, 0) is 9.59 Å². The van der Waals surface area contributed by atoms with E-state index in [-0.39, 0.29) is 23.4 Å². The lowest BCUT2D eigenvalue weighted by atomic mass is 9.97. The molecule has 0 heterocycles. The normalized spacial score (nSPS) is 40.0. The Bertz CT molecular complexity index is 870. The van der Waals surface area contributed by atoms with Gasteiger partial charge in [0.05, 0.1) is 11.8 Å². The highest BCUT2D eigenvalue weighted by atomic mass is 35.5. The van der Waals surface area contributed by atoms with Crippen molar-refractivity contribution >= 4 is 34.8 Å². The SMILES string of the molecule is Cc1ccc([C@@H]2[C@H]3C(=O)[C@@]4(Cl)[C@@H](C(=O)[C@]32Cl)[C@@H]4c2ccc(C)cc2)cc1. The summed E-state index contributed by atoms with van der Waals surface area (Å²) in [5, 5.41) is 0. The summed E-state index contributed by atoms with van der Waals surface area (Å²) < 4.78 is 0. The number of rotatable bonds is 2. The molecule has 0 spiro atoms. The first kappa shape index (κ1) is 16.5. The minimum atomic E-state index is -1.12. The van der Waals surface area contributed by atoms with E-state index in [1.807, 2.05) is 62.4 Å². The largest absolute Gasteiger partial charge is 0.297 e. The summed E-state index contributed by atoms with van der Waals surface area (Å²) in [6, 6.07) is 15.8. The summed E-state index contributed by atoms with van der Waals surface area (Å²) in [6.45, 7) is 4.01. The smallest absolute Gasteiger partial charge is 0.161 e. The van der Waals surface area contributed by atoms with Crippen LogP contribution < -0.4 is 0 Å². The van der Waals surface area contributed by atoms with Crippen molar-refractivity contribution < 1.29 is 9.59 Å². The van der Waals surface area contributed by atoms with E-state index in [4.69, 9.17) is 23.2 Å². The van der Waals surface area contributed by atoms with Crippen LogP contribution in [0.25, 0.3) is 0 Å². The van der Waals surface area contributed by atoms with Gasteiger partial charge in [0.25, 0.3) is 0 Å². The molecule has 0 bridgehead atoms. The van der Waals surface area contributed by atoms with E-state index in [0.29, 0.717) is 0 Å². The molecule has 2 nitrogen and oxygen atoms in total. The Morgan fingerprint density at radius 3 is 1.23 bits per heavy atom. The summed E-state index contributed by atoms with van der Waals surface area (Å²) in [6.07, 6.45) is 0. The number of ketones is 2. The van der Waals surface area contributed by atoms with E-state index in [1.165, 1.54) is 0 Å². The number of carbonyl (C=O) groups is 2. The maximum absolute atomic E-state index is 13.2. The van der Waals surface area contributed by atoms with Crippen molar-refractivity contribution in [1.82, 2.24) is 0 Å². The van der Waals surface area contributed by atoms with Gasteiger partial charge in [0.2, 0.25) is 0 Å². The van der Waals surface area contributed by atoms with Gasteiger partial charge in [0, 0.05) is 11.8 Å². The van der Waals surface area contributed by atoms with Crippen LogP contribution in [0.5, 0.6) is 0 Å². The molecule has 2 aromatic carbocycles. The number of halogens is 2. The van der Waals surface area contributed by atoms with E-state index < -0.39 is 21.6 Å². The van der Waals surface area contributed by atoms with Gasteiger partial charge in [-0.3, -0.25) is 9.59 Å². The first-order valence-corrected chi connectivity index (χ1v) is 9.66. The minimum absolute atomic E-state index is 0.0603. The lowest BCUT2D eigenvalue weighted by Crippen LogP contribution is -2.37. The zero-order chi connectivity index (χ0) is 18.4. The number of hydrogen-bond donors (Lipinski definition) is 0. The number of benzene rings is 2. The van der Waals surface area contributed by atoms with Gasteiger partial charge >= 0.3 is 0 Å². The molecule has 3 fully saturated rings. The first-order chi connectivity index (χ1) is 12.3. The average molecular weight is 385 g/mol. The number of hydrogen-bond acceptors (Lipinski definition) is 2. The van der Waals surface area contributed by atoms with Crippen molar-refractivity contribution in [1.29, 1.82) is 0 Å². The van der Waals surface area contributed by atoms with E-state index in [9.17, 15) is 9.59 Å². The highest BCUT2D eigenvalue weighted by molar-refractivity contribution is 6.52. The molecule has 0 aliphatic heterocycles. The zero-order valence-corrected chi connectivity index (χ0v) is 16.0. The first-order valence-electron chi connectivity index (χ1n) is 8.91. The average Bonchev–Trinajstić information content (AvgIpc) is 3.46. The number of fused-ring (bicyclic) bond motifs is 2. The highest BCUT2D eigenvalue weighted by Gasteiger charge is 2.88. The van der Waals surface area contributed by atoms with E-state index in [0.717, 1.165) is 22.3 Å². The molecule has 3 saturated carbocycles. The van der Waals surface area contributed by atoms with Gasteiger partial charge in [-0.1, -0.05) is 59.7 Å². The van der Waals surface area contributed by atoms with Gasteiger partial charge in [0.1, 0.15) is 9.75 Å². The molecule has 6 atom stereocenters. The molecule has 3 aliphatic rings. The molecule has 4 heteroatoms. The van der Waals surface area contributed by atoms with Gasteiger partial charge in [-0.05, 0) is 25.0 Å². The Balaban J connectivity index is 1.52. The molecule has 0 unspecified atom stereocenters. The molecule has 0 aromatic heterocycles. The molecule has 0 N–H and O–H groups in total. The minimum Gasteiger partial charge on any atom is -0.297 e. The van der Waals surface area contributed by atoms with Crippen LogP contribution >= 0.6 is 23.2 Å². The molecule has 26 heavy (non-hydrogen) atoms. The van der Waals surface area contributed by atoms with Crippen LogP contribution in [0.1, 0.15) is 34.1 Å². The topological polar surface area (TPSA) is 34.1 Å². The molecular formula is C22H18Cl2O2. The number of Topliss-reactive ketones (excluding diaryl/α,β-unsaturated/α-hetero) is 2. The Labute approximate surface area is 162 Å². The van der Waals surface area contributed by atoms with Crippen LogP contribution in [0.15, 0.2) is 48.5 Å². The van der Waals surface area contributed by atoms with Crippen LogP contribution in [0, 0.1) is 25.7 Å². The van der Waals surface area contributed by atoms with Crippen LogP contribution in [0.4, 0.5) is 0 Å². The predicted molar refractivity (Wildman–Crippen MR) is 102 cm³/mol. The lowest BCUT2D eigenvalue weighted by Gasteiger charge is -2.16. The third-order valence-electron chi connectivity index (χ3n) is 6.45. The molecule has 0 radical (unpaired) electrons. The Morgan fingerprint density at radius 2 is 0.923 bits per heavy atom. The summed E-state index contributed by atoms with van der Waals surface area (Å²) in [5.74, 6) is -1.66. The second-order valence-corrected chi connectivity index (χ2v) is 9.25. The summed E-state index contributed by atoms with van der Waals surface area (Å²) >= 11 is 13.5. The highest BCUT2D eigenvalue weighted by Crippen LogP contribution is 2.78. The predicted octanol–water partition coefficient (Wildman–Crippen LogP) is 4.54. The van der Waals surface area contributed by atoms with E-state index in [2.05, 4.69) is 0 Å². The quantitative estimate of drug-likeness (QED) is 0.712. The molecular weight excluding hydrogens is 367 g/mol. The van der Waals surface area contributed by atoms with Crippen molar-refractivity contribution in [3.05, 3.63) is 70.8 Å². The number of aryl methyl sites for hydroxylation is 2. The fourth-order valence-corrected chi connectivity index (χ4v) is 5.97. The van der Waals surface area contributed by atoms with Crippen LogP contribution in [0.3, 0.4) is 0 Å². The summed E-state index contributed by atoms with van der Waals surface area (Å²) in [7, 11) is 0. The number of carbonyl (C=O) groups excluding carboxylic acids is 2. The second kappa shape index (κ2) is 4.99. The number of alkyl halides is 2. The third kappa shape index (κ3) is 1.84. The standard InChI is InChI=1S/C22H18Cl2O2/c1-11-3-7-13(8-4-11)15-17-19(25)22(24)16(14-9-5-12(2)6-10-14)18(22)20(26)21(15,17)23/h3-10,15-18H,1-2H3/t15-,16+,17+,18-,21-,22+. The fourth-order valence-electron chi connectivity index (χ4n) is 4.91. The molecule has 2 aromatic rings. The molecule has 0 amide bonds. The van der Waals surface area contributed by atoms with Crippen molar-refractivity contribution in [3.63, 3.8) is 0 Å². The zero-order valence-electron chi connectivity index (χ0n) is 14.5. The van der Waals surface area contributed by atoms with Gasteiger partial charge in [0.15, 0.2) is 11.6 Å². The Kier molecular flexibility index (Phi) is 3.17.